The van der Waals surface area contributed by atoms with E-state index in [4.69, 9.17) is 4.74 Å². The number of carbonyl (C=O) groups excluding carboxylic acids is 6. The van der Waals surface area contributed by atoms with Gasteiger partial charge in [-0.15, -0.1) is 0 Å². The fourth-order valence-corrected chi connectivity index (χ4v) is 7.17. The van der Waals surface area contributed by atoms with Crippen molar-refractivity contribution in [2.45, 2.75) is 104 Å². The standard InChI is InChI=1S/C49H62N6O7/c1-31(2)23-39(52-47(59)42(29-36-19-13-9-14-20-36)55-49(61)50-38-26-33(5)25-34(6)27-38)44(56)53-41(28-35-17-11-8-12-18-35)46(58)51-40(24-32(3)4)45(57)54-43(48(60)62-7)30-37-21-15-10-16-22-37/h8-22,25-27,31-32,39-43H,23-24,28-30H2,1-7H3,(H,51,58)(H,52,59)(H,53,56)(H,54,57)(H2,50,55,61)/t39-,40-,41+,42+,43+/m1/s1. The zero-order chi connectivity index (χ0) is 45.2. The third kappa shape index (κ3) is 16.2. The minimum absolute atomic E-state index is 0.0370. The van der Waals surface area contributed by atoms with E-state index in [1.807, 2.05) is 151 Å². The molecule has 0 aliphatic rings. The van der Waals surface area contributed by atoms with Crippen LogP contribution in [0.4, 0.5) is 10.5 Å². The van der Waals surface area contributed by atoms with Crippen LogP contribution in [0.1, 0.15) is 68.4 Å². The first-order chi connectivity index (χ1) is 29.6. The van der Waals surface area contributed by atoms with Gasteiger partial charge in [0.1, 0.15) is 30.2 Å². The number of carbonyl (C=O) groups is 6. The molecule has 330 valence electrons. The molecule has 5 atom stereocenters. The quantitative estimate of drug-likeness (QED) is 0.0580. The lowest BCUT2D eigenvalue weighted by Crippen LogP contribution is -2.60. The molecule has 62 heavy (non-hydrogen) atoms. The number of aryl methyl sites for hydroxylation is 2. The summed E-state index contributed by atoms with van der Waals surface area (Å²) in [6, 6.07) is 27.2. The van der Waals surface area contributed by atoms with E-state index in [0.717, 1.165) is 27.8 Å². The lowest BCUT2D eigenvalue weighted by atomic mass is 9.98. The average molecular weight is 847 g/mol. The van der Waals surface area contributed by atoms with Gasteiger partial charge in [-0.25, -0.2) is 9.59 Å². The Morgan fingerprint density at radius 1 is 0.468 bits per heavy atom. The van der Waals surface area contributed by atoms with Crippen LogP contribution >= 0.6 is 0 Å². The van der Waals surface area contributed by atoms with E-state index in [0.29, 0.717) is 5.69 Å². The number of anilines is 1. The maximum Gasteiger partial charge on any atom is 0.328 e. The van der Waals surface area contributed by atoms with Crippen LogP contribution in [0, 0.1) is 25.7 Å². The van der Waals surface area contributed by atoms with Crippen molar-refractivity contribution < 1.29 is 33.5 Å². The highest BCUT2D eigenvalue weighted by Gasteiger charge is 2.33. The molecule has 0 fully saturated rings. The fraction of sp³-hybridized carbons (Fsp3) is 0.388. The number of urea groups is 1. The van der Waals surface area contributed by atoms with E-state index >= 15 is 0 Å². The maximum absolute atomic E-state index is 14.3. The van der Waals surface area contributed by atoms with Gasteiger partial charge >= 0.3 is 12.0 Å². The molecule has 4 aromatic carbocycles. The van der Waals surface area contributed by atoms with Gasteiger partial charge in [0.05, 0.1) is 7.11 Å². The van der Waals surface area contributed by atoms with Crippen LogP contribution < -0.4 is 31.9 Å². The summed E-state index contributed by atoms with van der Waals surface area (Å²) < 4.78 is 5.01. The van der Waals surface area contributed by atoms with Crippen molar-refractivity contribution in [3.8, 4) is 0 Å². The molecular formula is C49H62N6O7. The van der Waals surface area contributed by atoms with E-state index in [1.54, 1.807) is 0 Å². The van der Waals surface area contributed by atoms with Crippen molar-refractivity contribution in [1.29, 1.82) is 0 Å². The first-order valence-corrected chi connectivity index (χ1v) is 21.2. The molecule has 6 amide bonds. The predicted octanol–water partition coefficient (Wildman–Crippen LogP) is 5.73. The Balaban J connectivity index is 1.57. The highest BCUT2D eigenvalue weighted by Crippen LogP contribution is 2.15. The minimum atomic E-state index is -1.17. The second-order valence-corrected chi connectivity index (χ2v) is 16.6. The number of hydrogen-bond donors (Lipinski definition) is 6. The topological polar surface area (TPSA) is 184 Å². The number of rotatable bonds is 21. The highest BCUT2D eigenvalue weighted by atomic mass is 16.5. The van der Waals surface area contributed by atoms with Crippen molar-refractivity contribution in [3.63, 3.8) is 0 Å². The van der Waals surface area contributed by atoms with E-state index in [2.05, 4.69) is 31.9 Å². The predicted molar refractivity (Wildman–Crippen MR) is 241 cm³/mol. The highest BCUT2D eigenvalue weighted by molar-refractivity contribution is 5.97. The Labute approximate surface area is 365 Å². The number of benzene rings is 4. The molecule has 0 saturated heterocycles. The summed E-state index contributed by atoms with van der Waals surface area (Å²) in [4.78, 5) is 82.8. The van der Waals surface area contributed by atoms with Gasteiger partial charge in [-0.2, -0.15) is 0 Å². The summed E-state index contributed by atoms with van der Waals surface area (Å²) in [5.74, 6) is -3.12. The van der Waals surface area contributed by atoms with Gasteiger partial charge in [-0.3, -0.25) is 19.2 Å². The fourth-order valence-electron chi connectivity index (χ4n) is 7.17. The van der Waals surface area contributed by atoms with Gasteiger partial charge in [-0.1, -0.05) is 125 Å². The first kappa shape index (κ1) is 48.2. The number of hydrogen-bond acceptors (Lipinski definition) is 7. The van der Waals surface area contributed by atoms with E-state index < -0.39 is 65.8 Å². The molecule has 0 radical (unpaired) electrons. The Hall–Kier alpha value is -6.50. The summed E-state index contributed by atoms with van der Waals surface area (Å²) in [5.41, 5.74) is 4.85. The van der Waals surface area contributed by atoms with Crippen LogP contribution in [-0.2, 0) is 48.0 Å². The molecule has 0 aromatic heterocycles. The molecule has 0 heterocycles. The Morgan fingerprint density at radius 2 is 0.806 bits per heavy atom. The molecule has 4 rings (SSSR count). The molecule has 0 unspecified atom stereocenters. The van der Waals surface area contributed by atoms with Crippen LogP contribution in [0.3, 0.4) is 0 Å². The summed E-state index contributed by atoms with van der Waals surface area (Å²) in [6.45, 7) is 11.5. The smallest absolute Gasteiger partial charge is 0.328 e. The van der Waals surface area contributed by atoms with Crippen LogP contribution in [0.5, 0.6) is 0 Å². The van der Waals surface area contributed by atoms with Crippen molar-refractivity contribution >= 4 is 41.3 Å². The molecule has 0 saturated carbocycles. The molecule has 6 N–H and O–H groups in total. The van der Waals surface area contributed by atoms with Crippen molar-refractivity contribution in [2.75, 3.05) is 12.4 Å². The number of methoxy groups -OCH3 is 1. The molecule has 0 spiro atoms. The van der Waals surface area contributed by atoms with E-state index in [1.165, 1.54) is 7.11 Å². The molecule has 13 nitrogen and oxygen atoms in total. The summed E-state index contributed by atoms with van der Waals surface area (Å²) in [5, 5.41) is 17.0. The molecule has 0 aliphatic heterocycles. The first-order valence-electron chi connectivity index (χ1n) is 21.2. The zero-order valence-corrected chi connectivity index (χ0v) is 36.8. The maximum atomic E-state index is 14.3. The Morgan fingerprint density at radius 3 is 1.19 bits per heavy atom. The third-order valence-electron chi connectivity index (χ3n) is 10.1. The average Bonchev–Trinajstić information content (AvgIpc) is 3.22. The van der Waals surface area contributed by atoms with Crippen LogP contribution in [0.2, 0.25) is 0 Å². The zero-order valence-electron chi connectivity index (χ0n) is 36.8. The Kier molecular flexibility index (Phi) is 18.7. The molecule has 13 heteroatoms. The third-order valence-corrected chi connectivity index (χ3v) is 10.1. The second kappa shape index (κ2) is 24.1. The van der Waals surface area contributed by atoms with Crippen LogP contribution in [0.25, 0.3) is 0 Å². The van der Waals surface area contributed by atoms with Gasteiger partial charge in [0, 0.05) is 24.9 Å². The van der Waals surface area contributed by atoms with Crippen molar-refractivity contribution in [2.24, 2.45) is 11.8 Å². The summed E-state index contributed by atoms with van der Waals surface area (Å²) >= 11 is 0. The minimum Gasteiger partial charge on any atom is -0.467 e. The normalized spacial score (nSPS) is 13.4. The lowest BCUT2D eigenvalue weighted by molar-refractivity contribution is -0.145. The lowest BCUT2D eigenvalue weighted by Gasteiger charge is -2.28. The van der Waals surface area contributed by atoms with Gasteiger partial charge in [0.2, 0.25) is 23.6 Å². The molecule has 0 bridgehead atoms. The van der Waals surface area contributed by atoms with Gasteiger partial charge in [0.15, 0.2) is 0 Å². The Bertz CT molecular complexity index is 2080. The summed E-state index contributed by atoms with van der Waals surface area (Å²) in [7, 11) is 1.25. The van der Waals surface area contributed by atoms with Crippen LogP contribution in [0.15, 0.2) is 109 Å². The largest absolute Gasteiger partial charge is 0.467 e. The van der Waals surface area contributed by atoms with E-state index in [9.17, 15) is 28.8 Å². The van der Waals surface area contributed by atoms with Gasteiger partial charge < -0.3 is 36.6 Å². The molecule has 4 aromatic rings. The summed E-state index contributed by atoms with van der Waals surface area (Å²) in [6.07, 6.45) is 0.854. The monoisotopic (exact) mass is 846 g/mol. The second-order valence-electron chi connectivity index (χ2n) is 16.6. The number of amides is 6. The SMILES string of the molecule is COC(=O)[C@H](Cc1ccccc1)NC(=O)[C@@H](CC(C)C)NC(=O)[C@H](Cc1ccccc1)NC(=O)[C@@H](CC(C)C)NC(=O)[C@H](Cc1ccccc1)NC(=O)Nc1cc(C)cc(C)c1. The van der Waals surface area contributed by atoms with Crippen LogP contribution in [-0.4, -0.2) is 72.9 Å². The van der Waals surface area contributed by atoms with E-state index in [-0.39, 0.29) is 43.9 Å². The number of esters is 1. The van der Waals surface area contributed by atoms with Gasteiger partial charge in [0.25, 0.3) is 0 Å². The number of nitrogens with one attached hydrogen (secondary N) is 6. The molecular weight excluding hydrogens is 785 g/mol. The molecule has 0 aliphatic carbocycles. The number of ether oxygens (including phenoxy) is 1. The van der Waals surface area contributed by atoms with Gasteiger partial charge in [-0.05, 0) is 78.5 Å². The van der Waals surface area contributed by atoms with Crippen molar-refractivity contribution in [3.05, 3.63) is 137 Å². The van der Waals surface area contributed by atoms with Crippen molar-refractivity contribution in [1.82, 2.24) is 26.6 Å².